The van der Waals surface area contributed by atoms with Crippen LogP contribution in [0.5, 0.6) is 0 Å². The minimum absolute atomic E-state index is 0.588. The molecule has 2 unspecified atom stereocenters. The van der Waals surface area contributed by atoms with Crippen molar-refractivity contribution in [2.75, 3.05) is 0 Å². The predicted molar refractivity (Wildman–Crippen MR) is 190 cm³/mol. The Balaban J connectivity index is 2.33. The fourth-order valence-electron chi connectivity index (χ4n) is 6.89. The SMILES string of the molecule is CCCCCCCCCCCCCCCC(CCCCCCCCCCCCCC)c1nccn1C(C)CCCCC. The van der Waals surface area contributed by atoms with Crippen LogP contribution in [-0.4, -0.2) is 9.55 Å². The molecule has 1 heterocycles. The maximum atomic E-state index is 4.98. The molecule has 0 aromatic carbocycles. The normalized spacial score (nSPS) is 13.1. The number of imidazole rings is 1. The summed E-state index contributed by atoms with van der Waals surface area (Å²) in [6, 6.07) is 0.588. The van der Waals surface area contributed by atoms with Gasteiger partial charge in [-0.25, -0.2) is 4.98 Å². The zero-order valence-electron chi connectivity index (χ0n) is 29.6. The summed E-state index contributed by atoms with van der Waals surface area (Å²) in [7, 11) is 0. The standard InChI is InChI=1S/C40H78N2/c1-5-8-11-13-15-17-19-21-23-25-27-29-32-35-39(40-41-36-37-42(40)38(4)33-30-10-7-3)34-31-28-26-24-22-20-18-16-14-12-9-6-2/h36-39H,5-35H2,1-4H3. The quantitative estimate of drug-likeness (QED) is 0.0749. The zero-order valence-corrected chi connectivity index (χ0v) is 29.6. The summed E-state index contributed by atoms with van der Waals surface area (Å²) in [6.45, 7) is 9.36. The van der Waals surface area contributed by atoms with Gasteiger partial charge in [-0.15, -0.1) is 0 Å². The Labute approximate surface area is 266 Å². The molecule has 1 aromatic heterocycles. The molecular formula is C40H78N2. The Morgan fingerprint density at radius 2 is 0.762 bits per heavy atom. The van der Waals surface area contributed by atoms with Crippen LogP contribution in [0.2, 0.25) is 0 Å². The average Bonchev–Trinajstić information content (AvgIpc) is 3.49. The van der Waals surface area contributed by atoms with Gasteiger partial charge in [-0.05, 0) is 26.2 Å². The molecule has 0 spiro atoms. The first-order valence-electron chi connectivity index (χ1n) is 19.8. The largest absolute Gasteiger partial charge is 0.332 e. The summed E-state index contributed by atoms with van der Waals surface area (Å²) in [6.07, 6.45) is 48.3. The van der Waals surface area contributed by atoms with Crippen molar-refractivity contribution in [3.8, 4) is 0 Å². The molecule has 0 radical (unpaired) electrons. The minimum atomic E-state index is 0.588. The molecule has 42 heavy (non-hydrogen) atoms. The Kier molecular flexibility index (Phi) is 28.3. The van der Waals surface area contributed by atoms with Crippen molar-refractivity contribution < 1.29 is 0 Å². The molecule has 248 valence electrons. The minimum Gasteiger partial charge on any atom is -0.332 e. The molecule has 0 saturated heterocycles. The van der Waals surface area contributed by atoms with E-state index in [0.717, 1.165) is 0 Å². The lowest BCUT2D eigenvalue weighted by molar-refractivity contribution is 0.414. The van der Waals surface area contributed by atoms with E-state index in [1.807, 2.05) is 0 Å². The third-order valence-electron chi connectivity index (χ3n) is 9.83. The fraction of sp³-hybridized carbons (Fsp3) is 0.925. The number of unbranched alkanes of at least 4 members (excludes halogenated alkanes) is 25. The molecule has 2 nitrogen and oxygen atoms in total. The van der Waals surface area contributed by atoms with Gasteiger partial charge in [0.15, 0.2) is 0 Å². The number of aromatic nitrogens is 2. The van der Waals surface area contributed by atoms with Crippen LogP contribution in [-0.2, 0) is 0 Å². The van der Waals surface area contributed by atoms with E-state index in [1.54, 1.807) is 0 Å². The molecule has 0 aliphatic heterocycles. The molecule has 2 heteroatoms. The molecule has 1 rings (SSSR count). The summed E-state index contributed by atoms with van der Waals surface area (Å²) in [5.41, 5.74) is 0. The molecule has 0 saturated carbocycles. The Morgan fingerprint density at radius 3 is 1.14 bits per heavy atom. The molecule has 0 N–H and O–H groups in total. The lowest BCUT2D eigenvalue weighted by Gasteiger charge is -2.22. The van der Waals surface area contributed by atoms with Crippen LogP contribution in [0.4, 0.5) is 0 Å². The molecule has 2 atom stereocenters. The van der Waals surface area contributed by atoms with Crippen LogP contribution in [0.3, 0.4) is 0 Å². The van der Waals surface area contributed by atoms with E-state index >= 15 is 0 Å². The van der Waals surface area contributed by atoms with Crippen LogP contribution in [0, 0.1) is 0 Å². The summed E-state index contributed by atoms with van der Waals surface area (Å²) in [5, 5.41) is 0. The third kappa shape index (κ3) is 21.8. The van der Waals surface area contributed by atoms with Crippen LogP contribution in [0.25, 0.3) is 0 Å². The lowest BCUT2D eigenvalue weighted by Crippen LogP contribution is -2.13. The van der Waals surface area contributed by atoms with E-state index in [0.29, 0.717) is 12.0 Å². The molecule has 1 aromatic rings. The van der Waals surface area contributed by atoms with Gasteiger partial charge in [0.05, 0.1) is 0 Å². The topological polar surface area (TPSA) is 17.8 Å². The van der Waals surface area contributed by atoms with Crippen LogP contribution < -0.4 is 0 Å². The number of rotatable bonds is 33. The van der Waals surface area contributed by atoms with Crippen LogP contribution in [0.1, 0.15) is 245 Å². The van der Waals surface area contributed by atoms with Gasteiger partial charge in [0.25, 0.3) is 0 Å². The van der Waals surface area contributed by atoms with Gasteiger partial charge in [-0.1, -0.05) is 201 Å². The van der Waals surface area contributed by atoms with Crippen molar-refractivity contribution in [2.45, 2.75) is 239 Å². The highest BCUT2D eigenvalue weighted by molar-refractivity contribution is 5.02. The summed E-state index contributed by atoms with van der Waals surface area (Å²) in [5.74, 6) is 2.06. The van der Waals surface area contributed by atoms with E-state index in [4.69, 9.17) is 4.98 Å². The highest BCUT2D eigenvalue weighted by Gasteiger charge is 2.19. The van der Waals surface area contributed by atoms with Crippen molar-refractivity contribution in [3.05, 3.63) is 18.2 Å². The molecule has 0 aliphatic rings. The van der Waals surface area contributed by atoms with Gasteiger partial charge in [0.2, 0.25) is 0 Å². The van der Waals surface area contributed by atoms with Crippen molar-refractivity contribution >= 4 is 0 Å². The summed E-state index contributed by atoms with van der Waals surface area (Å²) >= 11 is 0. The predicted octanol–water partition coefficient (Wildman–Crippen LogP) is 14.7. The van der Waals surface area contributed by atoms with Crippen LogP contribution >= 0.6 is 0 Å². The van der Waals surface area contributed by atoms with E-state index in [9.17, 15) is 0 Å². The smallest absolute Gasteiger partial charge is 0.111 e. The van der Waals surface area contributed by atoms with Gasteiger partial charge in [0, 0.05) is 24.4 Å². The molecule has 0 amide bonds. The molecule has 0 aliphatic carbocycles. The van der Waals surface area contributed by atoms with Crippen molar-refractivity contribution in [1.82, 2.24) is 9.55 Å². The van der Waals surface area contributed by atoms with E-state index in [1.165, 1.54) is 205 Å². The van der Waals surface area contributed by atoms with Crippen molar-refractivity contribution in [3.63, 3.8) is 0 Å². The van der Waals surface area contributed by atoms with E-state index in [2.05, 4.69) is 44.7 Å². The summed E-state index contributed by atoms with van der Waals surface area (Å²) < 4.78 is 2.56. The van der Waals surface area contributed by atoms with Crippen molar-refractivity contribution in [2.24, 2.45) is 0 Å². The maximum absolute atomic E-state index is 4.98. The van der Waals surface area contributed by atoms with E-state index in [-0.39, 0.29) is 0 Å². The third-order valence-corrected chi connectivity index (χ3v) is 9.83. The van der Waals surface area contributed by atoms with Crippen molar-refractivity contribution in [1.29, 1.82) is 0 Å². The second kappa shape index (κ2) is 30.2. The van der Waals surface area contributed by atoms with Gasteiger partial charge >= 0.3 is 0 Å². The number of hydrogen-bond acceptors (Lipinski definition) is 1. The summed E-state index contributed by atoms with van der Waals surface area (Å²) in [4.78, 5) is 4.98. The molecular weight excluding hydrogens is 508 g/mol. The average molecular weight is 587 g/mol. The van der Waals surface area contributed by atoms with Crippen LogP contribution in [0.15, 0.2) is 12.4 Å². The first-order valence-corrected chi connectivity index (χ1v) is 19.8. The van der Waals surface area contributed by atoms with Gasteiger partial charge in [-0.3, -0.25) is 0 Å². The molecule has 0 fully saturated rings. The Hall–Kier alpha value is -0.790. The molecule has 0 bridgehead atoms. The zero-order chi connectivity index (χ0) is 30.4. The second-order valence-corrected chi connectivity index (χ2v) is 13.9. The number of nitrogens with zero attached hydrogens (tertiary/aromatic N) is 2. The first kappa shape index (κ1) is 39.2. The maximum Gasteiger partial charge on any atom is 0.111 e. The monoisotopic (exact) mass is 587 g/mol. The first-order chi connectivity index (χ1) is 20.7. The lowest BCUT2D eigenvalue weighted by atomic mass is 9.92. The second-order valence-electron chi connectivity index (χ2n) is 13.9. The van der Waals surface area contributed by atoms with Gasteiger partial charge in [0.1, 0.15) is 5.82 Å². The van der Waals surface area contributed by atoms with Gasteiger partial charge < -0.3 is 4.57 Å². The highest BCUT2D eigenvalue weighted by atomic mass is 15.1. The van der Waals surface area contributed by atoms with Gasteiger partial charge in [-0.2, -0.15) is 0 Å². The Morgan fingerprint density at radius 1 is 0.452 bits per heavy atom. The fourth-order valence-corrected chi connectivity index (χ4v) is 6.89. The highest BCUT2D eigenvalue weighted by Crippen LogP contribution is 2.30. The van der Waals surface area contributed by atoms with E-state index < -0.39 is 0 Å². The number of hydrogen-bond donors (Lipinski definition) is 0. The Bertz CT molecular complexity index is 650.